The minimum absolute atomic E-state index is 0.0962. The minimum atomic E-state index is -0.424. The van der Waals surface area contributed by atoms with Crippen molar-refractivity contribution in [3.05, 3.63) is 52.6 Å². The molecule has 0 aliphatic heterocycles. The van der Waals surface area contributed by atoms with Crippen LogP contribution in [0.3, 0.4) is 0 Å². The molecule has 0 aliphatic rings. The van der Waals surface area contributed by atoms with Gasteiger partial charge in [0.2, 0.25) is 0 Å². The highest BCUT2D eigenvalue weighted by atomic mass is 19.1. The highest BCUT2D eigenvalue weighted by Crippen LogP contribution is 2.20. The fourth-order valence-corrected chi connectivity index (χ4v) is 2.26. The molecule has 0 aliphatic carbocycles. The van der Waals surface area contributed by atoms with Gasteiger partial charge < -0.3 is 10.3 Å². The number of aromatic nitrogens is 1. The number of Topliss-reactive ketones (excluding diaryl/α,β-unsaturated/α-hetero) is 1. The van der Waals surface area contributed by atoms with Gasteiger partial charge in [0.25, 0.3) is 5.91 Å². The average Bonchev–Trinajstić information content (AvgIpc) is 2.64. The van der Waals surface area contributed by atoms with Gasteiger partial charge in [-0.1, -0.05) is 6.07 Å². The molecule has 104 valence electrons. The molecule has 2 rings (SSSR count). The van der Waals surface area contributed by atoms with Crippen LogP contribution in [0.5, 0.6) is 0 Å². The lowest BCUT2D eigenvalue weighted by Gasteiger charge is -2.05. The molecule has 2 aromatic rings. The molecule has 5 heteroatoms. The third kappa shape index (κ3) is 2.61. The number of hydrogen-bond donors (Lipinski definition) is 2. The number of aromatic amines is 1. The van der Waals surface area contributed by atoms with Crippen LogP contribution in [0.15, 0.2) is 24.3 Å². The third-order valence-corrected chi connectivity index (χ3v) is 3.10. The summed E-state index contributed by atoms with van der Waals surface area (Å²) in [4.78, 5) is 26.6. The third-order valence-electron chi connectivity index (χ3n) is 3.10. The van der Waals surface area contributed by atoms with Gasteiger partial charge in [-0.05, 0) is 44.5 Å². The van der Waals surface area contributed by atoms with E-state index >= 15 is 0 Å². The number of benzene rings is 1. The molecule has 0 saturated heterocycles. The van der Waals surface area contributed by atoms with Gasteiger partial charge in [0.05, 0.1) is 0 Å². The summed E-state index contributed by atoms with van der Waals surface area (Å²) in [6, 6.07) is 5.64. The molecule has 0 saturated carbocycles. The van der Waals surface area contributed by atoms with E-state index < -0.39 is 11.7 Å². The van der Waals surface area contributed by atoms with Gasteiger partial charge >= 0.3 is 0 Å². The molecule has 1 heterocycles. The Hall–Kier alpha value is -2.43. The first-order valence-electron chi connectivity index (χ1n) is 6.17. The summed E-state index contributed by atoms with van der Waals surface area (Å²) in [6.45, 7) is 4.90. The zero-order chi connectivity index (χ0) is 14.9. The van der Waals surface area contributed by atoms with Gasteiger partial charge in [0.1, 0.15) is 11.5 Å². The van der Waals surface area contributed by atoms with Crippen LogP contribution in [-0.4, -0.2) is 16.7 Å². The number of halogens is 1. The molecule has 0 unspecified atom stereocenters. The number of anilines is 1. The fraction of sp³-hybridized carbons (Fsp3) is 0.200. The van der Waals surface area contributed by atoms with E-state index in [9.17, 15) is 14.0 Å². The van der Waals surface area contributed by atoms with Gasteiger partial charge in [-0.25, -0.2) is 4.39 Å². The molecular weight excluding hydrogens is 259 g/mol. The number of rotatable bonds is 3. The lowest BCUT2D eigenvalue weighted by atomic mass is 10.1. The molecule has 1 amide bonds. The summed E-state index contributed by atoms with van der Waals surface area (Å²) in [5, 5.41) is 2.60. The number of ketones is 1. The summed E-state index contributed by atoms with van der Waals surface area (Å²) < 4.78 is 13.1. The molecule has 0 spiro atoms. The van der Waals surface area contributed by atoms with Crippen molar-refractivity contribution in [2.24, 2.45) is 0 Å². The van der Waals surface area contributed by atoms with Crippen molar-refractivity contribution >= 4 is 17.4 Å². The van der Waals surface area contributed by atoms with Gasteiger partial charge in [0.15, 0.2) is 5.78 Å². The molecule has 4 nitrogen and oxygen atoms in total. The number of nitrogens with one attached hydrogen (secondary N) is 2. The average molecular weight is 274 g/mol. The molecule has 1 aromatic carbocycles. The van der Waals surface area contributed by atoms with E-state index in [-0.39, 0.29) is 5.78 Å². The second kappa shape index (κ2) is 5.28. The van der Waals surface area contributed by atoms with Crippen molar-refractivity contribution < 1.29 is 14.0 Å². The Labute approximate surface area is 116 Å². The zero-order valence-corrected chi connectivity index (χ0v) is 11.5. The van der Waals surface area contributed by atoms with Crippen LogP contribution >= 0.6 is 0 Å². The topological polar surface area (TPSA) is 62.0 Å². The Morgan fingerprint density at radius 1 is 1.25 bits per heavy atom. The van der Waals surface area contributed by atoms with Crippen molar-refractivity contribution in [2.75, 3.05) is 5.32 Å². The molecule has 0 fully saturated rings. The summed E-state index contributed by atoms with van der Waals surface area (Å²) >= 11 is 0. The summed E-state index contributed by atoms with van der Waals surface area (Å²) in [5.41, 5.74) is 2.46. The van der Waals surface area contributed by atoms with Crippen LogP contribution in [-0.2, 0) is 0 Å². The van der Waals surface area contributed by atoms with Crippen LogP contribution in [0.1, 0.15) is 39.0 Å². The highest BCUT2D eigenvalue weighted by molar-refractivity contribution is 6.07. The van der Waals surface area contributed by atoms with Crippen LogP contribution in [0.2, 0.25) is 0 Å². The first-order valence-corrected chi connectivity index (χ1v) is 6.17. The Balaban J connectivity index is 2.31. The van der Waals surface area contributed by atoms with Crippen LogP contribution in [0.4, 0.5) is 10.1 Å². The van der Waals surface area contributed by atoms with E-state index in [4.69, 9.17) is 0 Å². The fourth-order valence-electron chi connectivity index (χ4n) is 2.26. The molecule has 0 atom stereocenters. The number of carbonyl (C=O) groups is 2. The maximum absolute atomic E-state index is 13.1. The van der Waals surface area contributed by atoms with E-state index in [1.807, 2.05) is 0 Å². The number of carbonyl (C=O) groups excluding carboxylic acids is 2. The Kier molecular flexibility index (Phi) is 3.70. The quantitative estimate of drug-likeness (QED) is 0.844. The minimum Gasteiger partial charge on any atom is -0.354 e. The van der Waals surface area contributed by atoms with Crippen molar-refractivity contribution in [2.45, 2.75) is 20.8 Å². The van der Waals surface area contributed by atoms with Crippen molar-refractivity contribution in [3.8, 4) is 0 Å². The molecule has 0 bridgehead atoms. The summed E-state index contributed by atoms with van der Waals surface area (Å²) in [7, 11) is 0. The second-order valence-electron chi connectivity index (χ2n) is 4.65. The molecule has 20 heavy (non-hydrogen) atoms. The van der Waals surface area contributed by atoms with Gasteiger partial charge in [0, 0.05) is 16.9 Å². The SMILES string of the molecule is CC(=O)c1c(C)[nH]c(C(=O)Nc2cccc(F)c2)c1C. The monoisotopic (exact) mass is 274 g/mol. The number of hydrogen-bond acceptors (Lipinski definition) is 2. The predicted octanol–water partition coefficient (Wildman–Crippen LogP) is 3.23. The smallest absolute Gasteiger partial charge is 0.272 e. The molecule has 0 radical (unpaired) electrons. The maximum Gasteiger partial charge on any atom is 0.272 e. The largest absolute Gasteiger partial charge is 0.354 e. The Bertz CT molecular complexity index is 689. The normalized spacial score (nSPS) is 10.4. The maximum atomic E-state index is 13.1. The first-order chi connectivity index (χ1) is 9.40. The lowest BCUT2D eigenvalue weighted by Crippen LogP contribution is -2.14. The van der Waals surface area contributed by atoms with E-state index in [0.29, 0.717) is 28.2 Å². The van der Waals surface area contributed by atoms with E-state index in [2.05, 4.69) is 10.3 Å². The van der Waals surface area contributed by atoms with Crippen LogP contribution in [0, 0.1) is 19.7 Å². The van der Waals surface area contributed by atoms with E-state index in [1.54, 1.807) is 19.9 Å². The first kappa shape index (κ1) is 14.0. The van der Waals surface area contributed by atoms with Gasteiger partial charge in [-0.15, -0.1) is 0 Å². The van der Waals surface area contributed by atoms with Crippen LogP contribution < -0.4 is 5.32 Å². The molecular formula is C15H15FN2O2. The van der Waals surface area contributed by atoms with E-state index in [0.717, 1.165) is 0 Å². The van der Waals surface area contributed by atoms with Crippen molar-refractivity contribution in [3.63, 3.8) is 0 Å². The summed E-state index contributed by atoms with van der Waals surface area (Å²) in [5.74, 6) is -0.920. The predicted molar refractivity (Wildman–Crippen MR) is 74.6 cm³/mol. The van der Waals surface area contributed by atoms with Gasteiger partial charge in [-0.3, -0.25) is 9.59 Å². The highest BCUT2D eigenvalue weighted by Gasteiger charge is 2.19. The Morgan fingerprint density at radius 2 is 1.95 bits per heavy atom. The second-order valence-corrected chi connectivity index (χ2v) is 4.65. The van der Waals surface area contributed by atoms with Crippen molar-refractivity contribution in [1.29, 1.82) is 0 Å². The van der Waals surface area contributed by atoms with E-state index in [1.165, 1.54) is 25.1 Å². The number of aryl methyl sites for hydroxylation is 1. The standard InChI is InChI=1S/C15H15FN2O2/c1-8-13(10(3)19)9(2)17-14(8)15(20)18-12-6-4-5-11(16)7-12/h4-7,17H,1-3H3,(H,18,20). The van der Waals surface area contributed by atoms with Crippen LogP contribution in [0.25, 0.3) is 0 Å². The molecule has 2 N–H and O–H groups in total. The Morgan fingerprint density at radius 3 is 2.50 bits per heavy atom. The summed E-state index contributed by atoms with van der Waals surface area (Å²) in [6.07, 6.45) is 0. The zero-order valence-electron chi connectivity index (χ0n) is 11.5. The van der Waals surface area contributed by atoms with Gasteiger partial charge in [-0.2, -0.15) is 0 Å². The number of H-pyrrole nitrogens is 1. The number of amides is 1. The lowest BCUT2D eigenvalue weighted by molar-refractivity contribution is 0.101. The molecule has 1 aromatic heterocycles. The van der Waals surface area contributed by atoms with Crippen molar-refractivity contribution in [1.82, 2.24) is 4.98 Å².